The molecule has 2 aromatic rings. The van der Waals surface area contributed by atoms with Gasteiger partial charge in [-0.15, -0.1) is 0 Å². The highest BCUT2D eigenvalue weighted by Gasteiger charge is 2.61. The van der Waals surface area contributed by atoms with Crippen LogP contribution in [-0.2, 0) is 10.2 Å². The minimum Gasteiger partial charge on any atom is -0.393 e. The zero-order valence-corrected chi connectivity index (χ0v) is 18.9. The third-order valence-electron chi connectivity index (χ3n) is 8.30. The summed E-state index contributed by atoms with van der Waals surface area (Å²) < 4.78 is 5.39. The highest BCUT2D eigenvalue weighted by Crippen LogP contribution is 2.59. The number of carbonyl (C=O) groups excluding carboxylic acids is 1. The zero-order chi connectivity index (χ0) is 22.6. The summed E-state index contributed by atoms with van der Waals surface area (Å²) in [6.07, 6.45) is 5.79. The number of anilines is 1. The molecule has 7 nitrogen and oxygen atoms in total. The van der Waals surface area contributed by atoms with E-state index in [2.05, 4.69) is 39.5 Å². The van der Waals surface area contributed by atoms with Gasteiger partial charge >= 0.3 is 0 Å². The molecule has 1 aromatic heterocycles. The third-order valence-corrected chi connectivity index (χ3v) is 8.30. The zero-order valence-electron chi connectivity index (χ0n) is 18.9. The first kappa shape index (κ1) is 21.1. The largest absolute Gasteiger partial charge is 0.393 e. The normalized spacial score (nSPS) is 31.6. The van der Waals surface area contributed by atoms with Gasteiger partial charge in [0.25, 0.3) is 5.91 Å². The lowest BCUT2D eigenvalue weighted by molar-refractivity contribution is -0.0610. The van der Waals surface area contributed by atoms with E-state index in [0.717, 1.165) is 62.5 Å². The maximum absolute atomic E-state index is 12.9. The molecule has 1 amide bonds. The van der Waals surface area contributed by atoms with Crippen LogP contribution in [0.4, 0.5) is 5.82 Å². The Balaban J connectivity index is 1.16. The second-order valence-electron chi connectivity index (χ2n) is 10.4. The summed E-state index contributed by atoms with van der Waals surface area (Å²) in [6, 6.07) is 11.3. The van der Waals surface area contributed by atoms with Crippen LogP contribution in [0.1, 0.15) is 48.0 Å². The molecule has 33 heavy (non-hydrogen) atoms. The first-order chi connectivity index (χ1) is 16.0. The number of benzene rings is 1. The lowest BCUT2D eigenvalue weighted by Gasteiger charge is -2.36. The van der Waals surface area contributed by atoms with Crippen LogP contribution in [0.15, 0.2) is 36.5 Å². The van der Waals surface area contributed by atoms with E-state index in [-0.39, 0.29) is 23.9 Å². The number of likely N-dealkylation sites (tertiary alicyclic amines) is 1. The Morgan fingerprint density at radius 1 is 1.15 bits per heavy atom. The number of aromatic nitrogens is 1. The molecular formula is C26H32N4O3. The van der Waals surface area contributed by atoms with Gasteiger partial charge in [0.15, 0.2) is 0 Å². The Kier molecular flexibility index (Phi) is 5.16. The second kappa shape index (κ2) is 8.08. The molecule has 174 valence electrons. The van der Waals surface area contributed by atoms with Crippen LogP contribution in [0.2, 0.25) is 0 Å². The van der Waals surface area contributed by atoms with E-state index in [9.17, 15) is 9.90 Å². The first-order valence-corrected chi connectivity index (χ1v) is 12.2. The minimum absolute atomic E-state index is 0.0754. The summed E-state index contributed by atoms with van der Waals surface area (Å²) >= 11 is 0. The van der Waals surface area contributed by atoms with E-state index in [0.29, 0.717) is 17.0 Å². The van der Waals surface area contributed by atoms with Crippen molar-refractivity contribution in [3.8, 4) is 11.1 Å². The molecule has 2 aliphatic heterocycles. The first-order valence-electron chi connectivity index (χ1n) is 12.2. The Morgan fingerprint density at radius 3 is 2.61 bits per heavy atom. The van der Waals surface area contributed by atoms with Gasteiger partial charge in [-0.05, 0) is 55.2 Å². The van der Waals surface area contributed by atoms with Crippen LogP contribution in [0, 0.1) is 5.92 Å². The summed E-state index contributed by atoms with van der Waals surface area (Å²) in [5.41, 5.74) is 10.1. The number of amides is 1. The fourth-order valence-corrected chi connectivity index (χ4v) is 5.97. The van der Waals surface area contributed by atoms with Gasteiger partial charge in [-0.3, -0.25) is 9.69 Å². The van der Waals surface area contributed by atoms with Gasteiger partial charge in [0.05, 0.1) is 30.9 Å². The maximum atomic E-state index is 12.9. The van der Waals surface area contributed by atoms with Crippen molar-refractivity contribution in [2.75, 3.05) is 32.0 Å². The van der Waals surface area contributed by atoms with Gasteiger partial charge in [0.2, 0.25) is 0 Å². The second-order valence-corrected chi connectivity index (χ2v) is 10.4. The molecule has 2 unspecified atom stereocenters. The fraction of sp³-hybridized carbons (Fsp3) is 0.538. The van der Waals surface area contributed by atoms with Crippen LogP contribution in [0.25, 0.3) is 11.1 Å². The van der Waals surface area contributed by atoms with Crippen molar-refractivity contribution in [1.82, 2.24) is 15.2 Å². The summed E-state index contributed by atoms with van der Waals surface area (Å²) in [6.45, 7) is 4.09. The number of rotatable bonds is 5. The van der Waals surface area contributed by atoms with Gasteiger partial charge < -0.3 is 20.9 Å². The van der Waals surface area contributed by atoms with Crippen molar-refractivity contribution in [1.29, 1.82) is 0 Å². The summed E-state index contributed by atoms with van der Waals surface area (Å²) in [7, 11) is 0. The fourth-order valence-electron chi connectivity index (χ4n) is 5.97. The highest BCUT2D eigenvalue weighted by atomic mass is 16.5. The van der Waals surface area contributed by atoms with E-state index in [1.807, 2.05) is 6.07 Å². The molecule has 0 bridgehead atoms. The van der Waals surface area contributed by atoms with Gasteiger partial charge in [-0.1, -0.05) is 24.3 Å². The summed E-state index contributed by atoms with van der Waals surface area (Å²) in [5, 5.41) is 12.8. The Hall–Kier alpha value is -2.48. The number of hydrogen-bond donors (Lipinski definition) is 3. The number of aliphatic hydroxyl groups is 1. The van der Waals surface area contributed by atoms with Crippen LogP contribution in [-0.4, -0.2) is 65.4 Å². The van der Waals surface area contributed by atoms with Crippen LogP contribution >= 0.6 is 0 Å². The minimum atomic E-state index is -0.249. The Morgan fingerprint density at radius 2 is 1.91 bits per heavy atom. The quantitative estimate of drug-likeness (QED) is 0.649. The standard InChI is InChI=1S/C26H32N4O3/c27-24-23(25(32)29-20-5-7-22(31)8-6-20)9-17(11-28-24)16-1-3-18(4-2-16)26-10-19(26)12-30(15-26)21-13-33-14-21/h1-4,9,11,19-22,31H,5-8,10,12-15H2,(H2,27,28)(H,29,32). The van der Waals surface area contributed by atoms with Crippen LogP contribution in [0.5, 0.6) is 0 Å². The highest BCUT2D eigenvalue weighted by molar-refractivity contribution is 5.99. The summed E-state index contributed by atoms with van der Waals surface area (Å²) in [4.78, 5) is 19.8. The van der Waals surface area contributed by atoms with Crippen molar-refractivity contribution in [3.63, 3.8) is 0 Å². The van der Waals surface area contributed by atoms with Crippen molar-refractivity contribution < 1.29 is 14.6 Å². The number of pyridine rings is 1. The predicted molar refractivity (Wildman–Crippen MR) is 126 cm³/mol. The monoisotopic (exact) mass is 448 g/mol. The molecule has 0 spiro atoms. The van der Waals surface area contributed by atoms with E-state index in [1.165, 1.54) is 18.5 Å². The molecule has 6 rings (SSSR count). The Labute approximate surface area is 194 Å². The molecule has 2 saturated carbocycles. The number of piperidine rings is 1. The van der Waals surface area contributed by atoms with E-state index in [1.54, 1.807) is 6.20 Å². The van der Waals surface area contributed by atoms with E-state index < -0.39 is 0 Å². The van der Waals surface area contributed by atoms with Gasteiger partial charge in [0, 0.05) is 36.3 Å². The molecule has 2 aliphatic carbocycles. The van der Waals surface area contributed by atoms with Crippen molar-refractivity contribution in [3.05, 3.63) is 47.7 Å². The SMILES string of the molecule is Nc1ncc(-c2ccc(C34CC3CN(C3COC3)C4)cc2)cc1C(=O)NC1CCC(O)CC1. The number of nitrogens with zero attached hydrogens (tertiary/aromatic N) is 2. The smallest absolute Gasteiger partial charge is 0.255 e. The predicted octanol–water partition coefficient (Wildman–Crippen LogP) is 2.34. The van der Waals surface area contributed by atoms with Gasteiger partial charge in [-0.2, -0.15) is 0 Å². The number of ether oxygens (including phenoxy) is 1. The molecule has 4 fully saturated rings. The topological polar surface area (TPSA) is 101 Å². The lowest BCUT2D eigenvalue weighted by atomic mass is 9.92. The molecule has 7 heteroatoms. The van der Waals surface area contributed by atoms with Crippen molar-refractivity contribution >= 4 is 11.7 Å². The average molecular weight is 449 g/mol. The number of hydrogen-bond acceptors (Lipinski definition) is 6. The molecule has 0 radical (unpaired) electrons. The van der Waals surface area contributed by atoms with E-state index >= 15 is 0 Å². The lowest BCUT2D eigenvalue weighted by Crippen LogP contribution is -2.49. The molecule has 2 saturated heterocycles. The third kappa shape index (κ3) is 3.82. The molecule has 2 atom stereocenters. The molecular weight excluding hydrogens is 416 g/mol. The maximum Gasteiger partial charge on any atom is 0.255 e. The number of carbonyl (C=O) groups is 1. The molecule has 4 aliphatic rings. The number of nitrogen functional groups attached to an aromatic ring is 1. The van der Waals surface area contributed by atoms with Crippen LogP contribution in [0.3, 0.4) is 0 Å². The van der Waals surface area contributed by atoms with Gasteiger partial charge in [-0.25, -0.2) is 4.98 Å². The average Bonchev–Trinajstić information content (AvgIpc) is 3.36. The molecule has 3 heterocycles. The van der Waals surface area contributed by atoms with Gasteiger partial charge in [0.1, 0.15) is 5.82 Å². The van der Waals surface area contributed by atoms with Crippen LogP contribution < -0.4 is 11.1 Å². The Bertz CT molecular complexity index is 1050. The number of fused-ring (bicyclic) bond motifs is 1. The number of aliphatic hydroxyl groups excluding tert-OH is 1. The van der Waals surface area contributed by atoms with E-state index in [4.69, 9.17) is 10.5 Å². The number of nitrogens with one attached hydrogen (secondary N) is 1. The summed E-state index contributed by atoms with van der Waals surface area (Å²) in [5.74, 6) is 0.818. The van der Waals surface area contributed by atoms with Crippen molar-refractivity contribution in [2.45, 2.75) is 55.7 Å². The van der Waals surface area contributed by atoms with Crippen molar-refractivity contribution in [2.24, 2.45) is 5.92 Å². The molecule has 1 aromatic carbocycles. The molecule has 4 N–H and O–H groups in total. The number of nitrogens with two attached hydrogens (primary N) is 1.